The number of methoxy groups -OCH3 is 2. The van der Waals surface area contributed by atoms with Crippen LogP contribution in [0.3, 0.4) is 0 Å². The Bertz CT molecular complexity index is 653. The highest BCUT2D eigenvalue weighted by Gasteiger charge is 2.22. The third-order valence-corrected chi connectivity index (χ3v) is 4.38. The van der Waals surface area contributed by atoms with E-state index in [0.29, 0.717) is 22.6 Å². The standard InChI is InChI=1S/C17H20ClNO3/c1-20-16-9-11(8-13(18)17(16)21-2)10-19-14-4-3-5-15-12(14)6-7-22-15/h6-9,14,19H,3-5,10H2,1-2H3. The topological polar surface area (TPSA) is 43.6 Å². The van der Waals surface area contributed by atoms with Gasteiger partial charge in [-0.2, -0.15) is 0 Å². The Morgan fingerprint density at radius 2 is 2.18 bits per heavy atom. The van der Waals surface area contributed by atoms with E-state index in [0.717, 1.165) is 37.1 Å². The van der Waals surface area contributed by atoms with E-state index in [1.54, 1.807) is 20.5 Å². The van der Waals surface area contributed by atoms with Crippen molar-refractivity contribution in [3.63, 3.8) is 0 Å². The van der Waals surface area contributed by atoms with Crippen LogP contribution in [-0.2, 0) is 13.0 Å². The summed E-state index contributed by atoms with van der Waals surface area (Å²) in [5.74, 6) is 2.33. The largest absolute Gasteiger partial charge is 0.493 e. The molecule has 1 heterocycles. The summed E-state index contributed by atoms with van der Waals surface area (Å²) in [7, 11) is 3.20. The number of fused-ring (bicyclic) bond motifs is 1. The van der Waals surface area contributed by atoms with Gasteiger partial charge in [-0.3, -0.25) is 0 Å². The van der Waals surface area contributed by atoms with Crippen molar-refractivity contribution >= 4 is 11.6 Å². The third kappa shape index (κ3) is 2.94. The van der Waals surface area contributed by atoms with Crippen molar-refractivity contribution in [2.45, 2.75) is 31.8 Å². The molecule has 3 rings (SSSR count). The Kier molecular flexibility index (Phi) is 4.60. The lowest BCUT2D eigenvalue weighted by molar-refractivity contribution is 0.354. The van der Waals surface area contributed by atoms with E-state index >= 15 is 0 Å². The van der Waals surface area contributed by atoms with Crippen molar-refractivity contribution in [3.05, 3.63) is 46.4 Å². The molecule has 0 saturated heterocycles. The van der Waals surface area contributed by atoms with Gasteiger partial charge >= 0.3 is 0 Å². The van der Waals surface area contributed by atoms with Crippen molar-refractivity contribution in [3.8, 4) is 11.5 Å². The lowest BCUT2D eigenvalue weighted by atomic mass is 9.93. The zero-order valence-corrected chi connectivity index (χ0v) is 13.6. The maximum Gasteiger partial charge on any atom is 0.179 e. The van der Waals surface area contributed by atoms with Gasteiger partial charge in [0.15, 0.2) is 11.5 Å². The van der Waals surface area contributed by atoms with Gasteiger partial charge in [-0.15, -0.1) is 0 Å². The van der Waals surface area contributed by atoms with Crippen LogP contribution in [0, 0.1) is 0 Å². The number of hydrogen-bond acceptors (Lipinski definition) is 4. The number of ether oxygens (including phenoxy) is 2. The molecule has 0 fully saturated rings. The number of rotatable bonds is 5. The van der Waals surface area contributed by atoms with E-state index in [1.807, 2.05) is 12.1 Å². The molecule has 22 heavy (non-hydrogen) atoms. The number of benzene rings is 1. The van der Waals surface area contributed by atoms with Gasteiger partial charge < -0.3 is 19.2 Å². The first-order valence-corrected chi connectivity index (χ1v) is 7.80. The molecule has 1 unspecified atom stereocenters. The highest BCUT2D eigenvalue weighted by molar-refractivity contribution is 6.32. The highest BCUT2D eigenvalue weighted by Crippen LogP contribution is 2.36. The molecule has 1 aromatic carbocycles. The summed E-state index contributed by atoms with van der Waals surface area (Å²) < 4.78 is 16.1. The van der Waals surface area contributed by atoms with Gasteiger partial charge in [0.1, 0.15) is 5.76 Å². The van der Waals surface area contributed by atoms with Gasteiger partial charge in [-0.1, -0.05) is 11.6 Å². The maximum atomic E-state index is 6.25. The summed E-state index contributed by atoms with van der Waals surface area (Å²) in [6.07, 6.45) is 5.07. The molecule has 1 aliphatic carbocycles. The third-order valence-electron chi connectivity index (χ3n) is 4.10. The lowest BCUT2D eigenvalue weighted by Crippen LogP contribution is -2.24. The predicted octanol–water partition coefficient (Wildman–Crippen LogP) is 4.12. The van der Waals surface area contributed by atoms with E-state index in [4.69, 9.17) is 25.5 Å². The van der Waals surface area contributed by atoms with Crippen LogP contribution in [0.25, 0.3) is 0 Å². The molecule has 0 amide bonds. The lowest BCUT2D eigenvalue weighted by Gasteiger charge is -2.23. The molecular formula is C17H20ClNO3. The summed E-state index contributed by atoms with van der Waals surface area (Å²) in [6, 6.07) is 6.26. The van der Waals surface area contributed by atoms with Gasteiger partial charge in [0, 0.05) is 24.6 Å². The quantitative estimate of drug-likeness (QED) is 0.899. The average Bonchev–Trinajstić information content (AvgIpc) is 3.01. The molecule has 1 atom stereocenters. The summed E-state index contributed by atoms with van der Waals surface area (Å²) >= 11 is 6.25. The van der Waals surface area contributed by atoms with Gasteiger partial charge in [-0.05, 0) is 36.6 Å². The number of furan rings is 1. The van der Waals surface area contributed by atoms with Gasteiger partial charge in [0.05, 0.1) is 25.5 Å². The minimum Gasteiger partial charge on any atom is -0.493 e. The molecule has 5 heteroatoms. The second-order valence-electron chi connectivity index (χ2n) is 5.44. The molecule has 0 saturated carbocycles. The van der Waals surface area contributed by atoms with Crippen molar-refractivity contribution in [2.75, 3.05) is 14.2 Å². The van der Waals surface area contributed by atoms with Gasteiger partial charge in [-0.25, -0.2) is 0 Å². The molecule has 0 radical (unpaired) electrons. The second-order valence-corrected chi connectivity index (χ2v) is 5.85. The fourth-order valence-electron chi connectivity index (χ4n) is 3.01. The molecule has 118 valence electrons. The Morgan fingerprint density at radius 3 is 2.95 bits per heavy atom. The SMILES string of the molecule is COc1cc(CNC2CCCc3occc32)cc(Cl)c1OC. The summed E-state index contributed by atoms with van der Waals surface area (Å²) in [4.78, 5) is 0. The van der Waals surface area contributed by atoms with Crippen LogP contribution in [0.5, 0.6) is 11.5 Å². The molecule has 1 aliphatic rings. The fourth-order valence-corrected chi connectivity index (χ4v) is 3.32. The minimum absolute atomic E-state index is 0.328. The number of aryl methyl sites for hydroxylation is 1. The highest BCUT2D eigenvalue weighted by atomic mass is 35.5. The van der Waals surface area contributed by atoms with Crippen molar-refractivity contribution in [1.29, 1.82) is 0 Å². The first kappa shape index (κ1) is 15.3. The predicted molar refractivity (Wildman–Crippen MR) is 85.8 cm³/mol. The van der Waals surface area contributed by atoms with Crippen molar-refractivity contribution in [1.82, 2.24) is 5.32 Å². The molecule has 0 spiro atoms. The van der Waals surface area contributed by atoms with Gasteiger partial charge in [0.2, 0.25) is 0 Å². The Morgan fingerprint density at radius 1 is 1.32 bits per heavy atom. The van der Waals surface area contributed by atoms with Gasteiger partial charge in [0.25, 0.3) is 0 Å². The second kappa shape index (κ2) is 6.63. The molecular weight excluding hydrogens is 302 g/mol. The van der Waals surface area contributed by atoms with Crippen molar-refractivity contribution < 1.29 is 13.9 Å². The molecule has 4 nitrogen and oxygen atoms in total. The van der Waals surface area contributed by atoms with Crippen LogP contribution < -0.4 is 14.8 Å². The van der Waals surface area contributed by atoms with Crippen LogP contribution in [-0.4, -0.2) is 14.2 Å². The summed E-state index contributed by atoms with van der Waals surface area (Å²) in [5, 5.41) is 4.14. The number of hydrogen-bond donors (Lipinski definition) is 1. The zero-order valence-electron chi connectivity index (χ0n) is 12.8. The Labute approximate surface area is 135 Å². The Balaban J connectivity index is 1.74. The number of halogens is 1. The number of nitrogens with one attached hydrogen (secondary N) is 1. The minimum atomic E-state index is 0.328. The monoisotopic (exact) mass is 321 g/mol. The van der Waals surface area contributed by atoms with Crippen LogP contribution >= 0.6 is 11.6 Å². The molecule has 1 N–H and O–H groups in total. The van der Waals surface area contributed by atoms with E-state index in [1.165, 1.54) is 5.56 Å². The normalized spacial score (nSPS) is 17.1. The van der Waals surface area contributed by atoms with Crippen LogP contribution in [0.1, 0.15) is 35.8 Å². The van der Waals surface area contributed by atoms with E-state index in [-0.39, 0.29) is 0 Å². The Hall–Kier alpha value is -1.65. The van der Waals surface area contributed by atoms with Crippen LogP contribution in [0.4, 0.5) is 0 Å². The first-order valence-electron chi connectivity index (χ1n) is 7.43. The van der Waals surface area contributed by atoms with E-state index < -0.39 is 0 Å². The molecule has 2 aromatic rings. The van der Waals surface area contributed by atoms with E-state index in [2.05, 4.69) is 11.4 Å². The van der Waals surface area contributed by atoms with E-state index in [9.17, 15) is 0 Å². The van der Waals surface area contributed by atoms with Crippen LogP contribution in [0.2, 0.25) is 5.02 Å². The molecule has 1 aromatic heterocycles. The molecule has 0 bridgehead atoms. The summed E-state index contributed by atoms with van der Waals surface area (Å²) in [5.41, 5.74) is 2.34. The average molecular weight is 322 g/mol. The zero-order chi connectivity index (χ0) is 15.5. The molecule has 0 aliphatic heterocycles. The van der Waals surface area contributed by atoms with Crippen LogP contribution in [0.15, 0.2) is 28.9 Å². The smallest absolute Gasteiger partial charge is 0.179 e. The van der Waals surface area contributed by atoms with Crippen molar-refractivity contribution in [2.24, 2.45) is 0 Å². The maximum absolute atomic E-state index is 6.25. The summed E-state index contributed by atoms with van der Waals surface area (Å²) in [6.45, 7) is 0.718. The first-order chi connectivity index (χ1) is 10.7. The fraction of sp³-hybridized carbons (Fsp3) is 0.412.